The number of methoxy groups -OCH3 is 1. The Kier molecular flexibility index (Phi) is 7.31. The highest BCUT2D eigenvalue weighted by atomic mass is 35.5. The van der Waals surface area contributed by atoms with Crippen LogP contribution in [0.4, 0.5) is 5.82 Å². The molecule has 1 aromatic heterocycles. The number of ketones is 1. The van der Waals surface area contributed by atoms with Gasteiger partial charge in [0.05, 0.1) is 24.1 Å². The summed E-state index contributed by atoms with van der Waals surface area (Å²) in [4.78, 5) is 39.7. The van der Waals surface area contributed by atoms with Crippen LogP contribution in [-0.4, -0.2) is 36.4 Å². The van der Waals surface area contributed by atoms with E-state index in [1.807, 2.05) is 13.0 Å². The molecule has 0 spiro atoms. The quantitative estimate of drug-likeness (QED) is 0.549. The van der Waals surface area contributed by atoms with Crippen LogP contribution in [0.3, 0.4) is 0 Å². The Hall–Kier alpha value is -2.93. The van der Waals surface area contributed by atoms with Gasteiger partial charge in [0.15, 0.2) is 12.4 Å². The molecule has 7 nitrogen and oxygen atoms in total. The van der Waals surface area contributed by atoms with Crippen LogP contribution in [0.1, 0.15) is 28.8 Å². The number of Topliss-reactive ketones (excluding diaryl/α,β-unsaturated/α-hetero) is 1. The number of hydrogen-bond acceptors (Lipinski definition) is 6. The average Bonchev–Trinajstić information content (AvgIpc) is 2.66. The minimum absolute atomic E-state index is 0.0427. The maximum Gasteiger partial charge on any atom is 0.306 e. The largest absolute Gasteiger partial charge is 0.496 e. The summed E-state index contributed by atoms with van der Waals surface area (Å²) in [6, 6.07) is 8.34. The molecule has 0 aliphatic rings. The third kappa shape index (κ3) is 6.38. The number of esters is 1. The van der Waals surface area contributed by atoms with Gasteiger partial charge in [0.1, 0.15) is 11.6 Å². The number of ether oxygens (including phenoxy) is 2. The number of anilines is 1. The summed E-state index contributed by atoms with van der Waals surface area (Å²) in [6.07, 6.45) is 1.20. The highest BCUT2D eigenvalue weighted by molar-refractivity contribution is 6.30. The number of carbonyl (C=O) groups is 3. The van der Waals surface area contributed by atoms with E-state index in [0.717, 1.165) is 5.56 Å². The highest BCUT2D eigenvalue weighted by Crippen LogP contribution is 2.21. The van der Waals surface area contributed by atoms with Gasteiger partial charge >= 0.3 is 5.97 Å². The second-order valence-electron chi connectivity index (χ2n) is 5.70. The number of amides is 1. The van der Waals surface area contributed by atoms with Gasteiger partial charge in [-0.1, -0.05) is 23.2 Å². The SMILES string of the molecule is COc1ccc(C)cc1C(=O)CCC(=O)OCC(=O)Nc1ccc(Cl)cn1. The van der Waals surface area contributed by atoms with E-state index in [1.165, 1.54) is 19.4 Å². The second-order valence-corrected chi connectivity index (χ2v) is 6.13. The summed E-state index contributed by atoms with van der Waals surface area (Å²) in [7, 11) is 1.48. The predicted octanol–water partition coefficient (Wildman–Crippen LogP) is 3.20. The number of aryl methyl sites for hydroxylation is 1. The van der Waals surface area contributed by atoms with Crippen molar-refractivity contribution in [2.45, 2.75) is 19.8 Å². The van der Waals surface area contributed by atoms with Crippen molar-refractivity contribution in [2.75, 3.05) is 19.0 Å². The number of benzene rings is 1. The lowest BCUT2D eigenvalue weighted by atomic mass is 10.0. The van der Waals surface area contributed by atoms with E-state index in [-0.39, 0.29) is 18.6 Å². The third-order valence-electron chi connectivity index (χ3n) is 3.57. The number of aromatic nitrogens is 1. The molecule has 1 aromatic carbocycles. The molecule has 2 aromatic rings. The molecule has 0 bridgehead atoms. The number of hydrogen-bond donors (Lipinski definition) is 1. The van der Waals surface area contributed by atoms with Crippen LogP contribution in [0.15, 0.2) is 36.5 Å². The Bertz CT molecular complexity index is 836. The molecule has 0 fully saturated rings. The first-order chi connectivity index (χ1) is 12.9. The van der Waals surface area contributed by atoms with Crippen LogP contribution in [0.2, 0.25) is 5.02 Å². The van der Waals surface area contributed by atoms with Crippen LogP contribution in [0, 0.1) is 6.92 Å². The average molecular weight is 391 g/mol. The molecule has 8 heteroatoms. The zero-order valence-corrected chi connectivity index (χ0v) is 15.7. The maximum absolute atomic E-state index is 12.3. The van der Waals surface area contributed by atoms with Crippen LogP contribution >= 0.6 is 11.6 Å². The normalized spacial score (nSPS) is 10.2. The molecule has 1 N–H and O–H groups in total. The first-order valence-electron chi connectivity index (χ1n) is 8.14. The molecule has 1 heterocycles. The molecule has 0 saturated heterocycles. The van der Waals surface area contributed by atoms with Crippen molar-refractivity contribution in [3.8, 4) is 5.75 Å². The number of nitrogens with zero attached hydrogens (tertiary/aromatic N) is 1. The summed E-state index contributed by atoms with van der Waals surface area (Å²) < 4.78 is 10.0. The lowest BCUT2D eigenvalue weighted by molar-refractivity contribution is -0.147. The second kappa shape index (κ2) is 9.68. The maximum atomic E-state index is 12.3. The van der Waals surface area contributed by atoms with Gasteiger partial charge in [-0.2, -0.15) is 0 Å². The molecule has 0 saturated carbocycles. The van der Waals surface area contributed by atoms with Crippen molar-refractivity contribution >= 4 is 35.1 Å². The van der Waals surface area contributed by atoms with E-state index >= 15 is 0 Å². The van der Waals surface area contributed by atoms with E-state index in [0.29, 0.717) is 22.2 Å². The van der Waals surface area contributed by atoms with Crippen molar-refractivity contribution in [3.63, 3.8) is 0 Å². The molecule has 0 atom stereocenters. The predicted molar refractivity (Wildman–Crippen MR) is 100 cm³/mol. The van der Waals surface area contributed by atoms with Gasteiger partial charge in [0.25, 0.3) is 5.91 Å². The number of carbonyl (C=O) groups excluding carboxylic acids is 3. The highest BCUT2D eigenvalue weighted by Gasteiger charge is 2.15. The first-order valence-corrected chi connectivity index (χ1v) is 8.51. The van der Waals surface area contributed by atoms with E-state index in [9.17, 15) is 14.4 Å². The fourth-order valence-electron chi connectivity index (χ4n) is 2.24. The summed E-state index contributed by atoms with van der Waals surface area (Å²) in [6.45, 7) is 1.39. The topological polar surface area (TPSA) is 94.6 Å². The van der Waals surface area contributed by atoms with E-state index in [2.05, 4.69) is 10.3 Å². The molecule has 0 aliphatic heterocycles. The number of rotatable bonds is 8. The fourth-order valence-corrected chi connectivity index (χ4v) is 2.35. The van der Waals surface area contributed by atoms with Crippen molar-refractivity contribution in [3.05, 3.63) is 52.7 Å². The van der Waals surface area contributed by atoms with Gasteiger partial charge in [-0.25, -0.2) is 4.98 Å². The lowest BCUT2D eigenvalue weighted by Crippen LogP contribution is -2.21. The summed E-state index contributed by atoms with van der Waals surface area (Å²) in [5, 5.41) is 2.91. The Balaban J connectivity index is 1.79. The molecular formula is C19H19ClN2O5. The van der Waals surface area contributed by atoms with Crippen LogP contribution in [0.25, 0.3) is 0 Å². The third-order valence-corrected chi connectivity index (χ3v) is 3.79. The number of nitrogens with one attached hydrogen (secondary N) is 1. The lowest BCUT2D eigenvalue weighted by Gasteiger charge is -2.09. The minimum atomic E-state index is -0.644. The van der Waals surface area contributed by atoms with Gasteiger partial charge in [0.2, 0.25) is 0 Å². The molecule has 0 aliphatic carbocycles. The van der Waals surface area contributed by atoms with Gasteiger partial charge < -0.3 is 14.8 Å². The molecule has 0 unspecified atom stereocenters. The Morgan fingerprint density at radius 2 is 1.93 bits per heavy atom. The zero-order chi connectivity index (χ0) is 19.8. The Morgan fingerprint density at radius 3 is 2.59 bits per heavy atom. The number of halogens is 1. The smallest absolute Gasteiger partial charge is 0.306 e. The molecule has 27 heavy (non-hydrogen) atoms. The van der Waals surface area contributed by atoms with Crippen molar-refractivity contribution in [1.82, 2.24) is 4.98 Å². The van der Waals surface area contributed by atoms with E-state index in [1.54, 1.807) is 18.2 Å². The summed E-state index contributed by atoms with van der Waals surface area (Å²) in [5.74, 6) is -0.669. The Labute approximate surface area is 161 Å². The van der Waals surface area contributed by atoms with Crippen LogP contribution in [0.5, 0.6) is 5.75 Å². The first kappa shape index (κ1) is 20.4. The molecule has 1 amide bonds. The molecule has 142 valence electrons. The van der Waals surface area contributed by atoms with Crippen molar-refractivity contribution in [2.24, 2.45) is 0 Å². The van der Waals surface area contributed by atoms with Gasteiger partial charge in [-0.3, -0.25) is 14.4 Å². The van der Waals surface area contributed by atoms with Crippen LogP contribution in [-0.2, 0) is 14.3 Å². The standard InChI is InChI=1S/C19H19ClN2O5/c1-12-3-6-16(26-2)14(9-12)15(23)5-8-19(25)27-11-18(24)22-17-7-4-13(20)10-21-17/h3-4,6-7,9-10H,5,8,11H2,1-2H3,(H,21,22,24). The Morgan fingerprint density at radius 1 is 1.15 bits per heavy atom. The van der Waals surface area contributed by atoms with Crippen molar-refractivity contribution in [1.29, 1.82) is 0 Å². The summed E-state index contributed by atoms with van der Waals surface area (Å²) in [5.41, 5.74) is 1.33. The van der Waals surface area contributed by atoms with Crippen molar-refractivity contribution < 1.29 is 23.9 Å². The molecular weight excluding hydrogens is 372 g/mol. The van der Waals surface area contributed by atoms with E-state index in [4.69, 9.17) is 21.1 Å². The van der Waals surface area contributed by atoms with Gasteiger partial charge in [0, 0.05) is 12.6 Å². The van der Waals surface area contributed by atoms with Crippen LogP contribution < -0.4 is 10.1 Å². The fraction of sp³-hybridized carbons (Fsp3) is 0.263. The van der Waals surface area contributed by atoms with Gasteiger partial charge in [-0.15, -0.1) is 0 Å². The van der Waals surface area contributed by atoms with Gasteiger partial charge in [-0.05, 0) is 31.2 Å². The molecule has 2 rings (SSSR count). The molecule has 0 radical (unpaired) electrons. The minimum Gasteiger partial charge on any atom is -0.496 e. The monoisotopic (exact) mass is 390 g/mol. The zero-order valence-electron chi connectivity index (χ0n) is 15.0. The van der Waals surface area contributed by atoms with E-state index < -0.39 is 18.5 Å². The summed E-state index contributed by atoms with van der Waals surface area (Å²) >= 11 is 5.70. The number of pyridine rings is 1.